The number of nitrogens with one attached hydrogen (secondary N) is 1. The molecule has 1 N–H and O–H groups in total. The SMILES string of the molecule is COc1c(OC(F)(F)F)[nH]c(CBr)cc1=O. The van der Waals surface area contributed by atoms with Crippen LogP contribution in [0.4, 0.5) is 13.2 Å². The molecule has 0 aliphatic heterocycles. The van der Waals surface area contributed by atoms with E-state index < -0.39 is 23.4 Å². The summed E-state index contributed by atoms with van der Waals surface area (Å²) in [6, 6.07) is 1.12. The summed E-state index contributed by atoms with van der Waals surface area (Å²) in [7, 11) is 1.08. The van der Waals surface area contributed by atoms with E-state index in [9.17, 15) is 18.0 Å². The van der Waals surface area contributed by atoms with Crippen LogP contribution >= 0.6 is 15.9 Å². The van der Waals surface area contributed by atoms with Gasteiger partial charge in [0, 0.05) is 17.1 Å². The summed E-state index contributed by atoms with van der Waals surface area (Å²) in [5, 5.41) is 0.195. The van der Waals surface area contributed by atoms with Gasteiger partial charge in [-0.3, -0.25) is 4.79 Å². The lowest BCUT2D eigenvalue weighted by molar-refractivity contribution is -0.276. The topological polar surface area (TPSA) is 51.3 Å². The lowest BCUT2D eigenvalue weighted by Gasteiger charge is -2.12. The van der Waals surface area contributed by atoms with Crippen LogP contribution in [0.2, 0.25) is 0 Å². The average Bonchev–Trinajstić information content (AvgIpc) is 2.14. The Bertz CT molecular complexity index is 430. The van der Waals surface area contributed by atoms with Gasteiger partial charge in [-0.25, -0.2) is 0 Å². The summed E-state index contributed by atoms with van der Waals surface area (Å²) >= 11 is 3.00. The minimum atomic E-state index is -4.89. The summed E-state index contributed by atoms with van der Waals surface area (Å²) < 4.78 is 44.2. The molecule has 16 heavy (non-hydrogen) atoms. The van der Waals surface area contributed by atoms with E-state index in [0.717, 1.165) is 13.2 Å². The van der Waals surface area contributed by atoms with E-state index in [-0.39, 0.29) is 11.0 Å². The number of methoxy groups -OCH3 is 1. The van der Waals surface area contributed by atoms with Crippen LogP contribution in [0.15, 0.2) is 10.9 Å². The molecule has 1 rings (SSSR count). The summed E-state index contributed by atoms with van der Waals surface area (Å²) in [4.78, 5) is 13.6. The maximum atomic E-state index is 12.0. The minimum Gasteiger partial charge on any atom is -0.488 e. The molecule has 0 radical (unpaired) electrons. The molecular formula is C8H7BrF3NO3. The van der Waals surface area contributed by atoms with Gasteiger partial charge in [-0.05, 0) is 0 Å². The third-order valence-electron chi connectivity index (χ3n) is 1.58. The van der Waals surface area contributed by atoms with Gasteiger partial charge in [-0.2, -0.15) is 0 Å². The summed E-state index contributed by atoms with van der Waals surface area (Å²) in [6.45, 7) is 0. The van der Waals surface area contributed by atoms with Crippen molar-refractivity contribution >= 4 is 15.9 Å². The van der Waals surface area contributed by atoms with Crippen molar-refractivity contribution in [3.05, 3.63) is 22.0 Å². The van der Waals surface area contributed by atoms with Crippen LogP contribution in [-0.2, 0) is 5.33 Å². The first-order valence-corrected chi connectivity index (χ1v) is 5.11. The predicted molar refractivity (Wildman–Crippen MR) is 52.9 cm³/mol. The fourth-order valence-electron chi connectivity index (χ4n) is 1.03. The van der Waals surface area contributed by atoms with Gasteiger partial charge in [0.25, 0.3) is 0 Å². The molecular weight excluding hydrogens is 295 g/mol. The maximum Gasteiger partial charge on any atom is 0.574 e. The van der Waals surface area contributed by atoms with Crippen molar-refractivity contribution in [2.75, 3.05) is 7.11 Å². The summed E-state index contributed by atoms with van der Waals surface area (Å²) in [5.41, 5.74) is -0.431. The van der Waals surface area contributed by atoms with E-state index in [1.807, 2.05) is 0 Å². The van der Waals surface area contributed by atoms with E-state index in [1.165, 1.54) is 0 Å². The number of alkyl halides is 4. The van der Waals surface area contributed by atoms with Crippen LogP contribution in [0.5, 0.6) is 11.6 Å². The Morgan fingerprint density at radius 3 is 2.56 bits per heavy atom. The number of rotatable bonds is 3. The van der Waals surface area contributed by atoms with Crippen molar-refractivity contribution in [1.29, 1.82) is 0 Å². The first-order chi connectivity index (χ1) is 7.37. The van der Waals surface area contributed by atoms with Gasteiger partial charge in [-0.1, -0.05) is 15.9 Å². The third kappa shape index (κ3) is 3.16. The van der Waals surface area contributed by atoms with Crippen LogP contribution in [0.25, 0.3) is 0 Å². The molecule has 0 saturated carbocycles. The molecule has 0 saturated heterocycles. The van der Waals surface area contributed by atoms with Crippen molar-refractivity contribution in [1.82, 2.24) is 4.98 Å². The number of ether oxygens (including phenoxy) is 2. The highest BCUT2D eigenvalue weighted by Gasteiger charge is 2.33. The largest absolute Gasteiger partial charge is 0.574 e. The quantitative estimate of drug-likeness (QED) is 0.871. The van der Waals surface area contributed by atoms with Crippen LogP contribution < -0.4 is 14.9 Å². The van der Waals surface area contributed by atoms with Crippen LogP contribution in [-0.4, -0.2) is 18.5 Å². The lowest BCUT2D eigenvalue weighted by atomic mass is 10.3. The molecule has 0 amide bonds. The highest BCUT2D eigenvalue weighted by atomic mass is 79.9. The van der Waals surface area contributed by atoms with Gasteiger partial charge < -0.3 is 14.5 Å². The van der Waals surface area contributed by atoms with Crippen molar-refractivity contribution in [2.24, 2.45) is 0 Å². The number of H-pyrrole nitrogens is 1. The molecule has 90 valence electrons. The van der Waals surface area contributed by atoms with E-state index in [2.05, 4.69) is 30.4 Å². The molecule has 0 fully saturated rings. The zero-order valence-corrected chi connectivity index (χ0v) is 9.61. The molecule has 8 heteroatoms. The van der Waals surface area contributed by atoms with Crippen molar-refractivity contribution in [3.63, 3.8) is 0 Å². The highest BCUT2D eigenvalue weighted by molar-refractivity contribution is 9.08. The third-order valence-corrected chi connectivity index (χ3v) is 2.18. The summed E-state index contributed by atoms with van der Waals surface area (Å²) in [5.74, 6) is -1.26. The summed E-state index contributed by atoms with van der Waals surface area (Å²) in [6.07, 6.45) is -4.89. The Hall–Kier alpha value is -1.18. The number of halogens is 4. The average molecular weight is 302 g/mol. The lowest BCUT2D eigenvalue weighted by Crippen LogP contribution is -2.21. The predicted octanol–water partition coefficient (Wildman–Crippen LogP) is 2.18. The molecule has 4 nitrogen and oxygen atoms in total. The fraction of sp³-hybridized carbons (Fsp3) is 0.375. The van der Waals surface area contributed by atoms with E-state index in [0.29, 0.717) is 0 Å². The molecule has 0 aromatic carbocycles. The second-order valence-electron chi connectivity index (χ2n) is 2.70. The maximum absolute atomic E-state index is 12.0. The van der Waals surface area contributed by atoms with Crippen molar-refractivity contribution in [3.8, 4) is 11.6 Å². The Morgan fingerprint density at radius 2 is 2.12 bits per heavy atom. The standard InChI is InChI=1S/C8H7BrF3NO3/c1-15-6-5(14)2-4(3-9)13-7(6)16-8(10,11)12/h2H,3H2,1H3,(H,13,14). The number of pyridine rings is 1. The molecule has 0 aliphatic rings. The molecule has 0 unspecified atom stereocenters. The monoisotopic (exact) mass is 301 g/mol. The molecule has 0 atom stereocenters. The van der Waals surface area contributed by atoms with E-state index in [4.69, 9.17) is 0 Å². The molecule has 0 bridgehead atoms. The number of aromatic nitrogens is 1. The zero-order chi connectivity index (χ0) is 12.3. The smallest absolute Gasteiger partial charge is 0.488 e. The van der Waals surface area contributed by atoms with Gasteiger partial charge in [0.15, 0.2) is 0 Å². The second kappa shape index (κ2) is 4.77. The van der Waals surface area contributed by atoms with Crippen LogP contribution in [0.1, 0.15) is 5.69 Å². The first kappa shape index (κ1) is 12.9. The minimum absolute atomic E-state index is 0.195. The normalized spacial score (nSPS) is 11.3. The second-order valence-corrected chi connectivity index (χ2v) is 3.26. The van der Waals surface area contributed by atoms with Gasteiger partial charge in [0.2, 0.25) is 17.1 Å². The fourth-order valence-corrected chi connectivity index (χ4v) is 1.33. The molecule has 0 spiro atoms. The molecule has 0 aliphatic carbocycles. The van der Waals surface area contributed by atoms with Gasteiger partial charge >= 0.3 is 6.36 Å². The van der Waals surface area contributed by atoms with Crippen LogP contribution in [0.3, 0.4) is 0 Å². The number of aromatic amines is 1. The first-order valence-electron chi connectivity index (χ1n) is 3.99. The Labute approximate surface area is 96.5 Å². The Morgan fingerprint density at radius 1 is 1.50 bits per heavy atom. The van der Waals surface area contributed by atoms with Gasteiger partial charge in [-0.15, -0.1) is 13.2 Å². The highest BCUT2D eigenvalue weighted by Crippen LogP contribution is 2.27. The number of hydrogen-bond donors (Lipinski definition) is 1. The van der Waals surface area contributed by atoms with E-state index in [1.54, 1.807) is 0 Å². The molecule has 1 aromatic heterocycles. The van der Waals surface area contributed by atoms with Crippen molar-refractivity contribution < 1.29 is 22.6 Å². The molecule has 1 heterocycles. The zero-order valence-electron chi connectivity index (χ0n) is 8.02. The Kier molecular flexibility index (Phi) is 3.84. The van der Waals surface area contributed by atoms with Crippen LogP contribution in [0, 0.1) is 0 Å². The van der Waals surface area contributed by atoms with Gasteiger partial charge in [0.05, 0.1) is 7.11 Å². The van der Waals surface area contributed by atoms with Crippen molar-refractivity contribution in [2.45, 2.75) is 11.7 Å². The number of hydrogen-bond acceptors (Lipinski definition) is 3. The Balaban J connectivity index is 3.23. The molecule has 1 aromatic rings. The van der Waals surface area contributed by atoms with E-state index >= 15 is 0 Å². The van der Waals surface area contributed by atoms with Gasteiger partial charge in [0.1, 0.15) is 0 Å².